The molecule has 1 aromatic heterocycles. The lowest BCUT2D eigenvalue weighted by molar-refractivity contribution is -0.139. The van der Waals surface area contributed by atoms with Gasteiger partial charge in [-0.3, -0.25) is 4.79 Å². The molecule has 20 heavy (non-hydrogen) atoms. The first-order valence-corrected chi connectivity index (χ1v) is 8.24. The highest BCUT2D eigenvalue weighted by molar-refractivity contribution is 7.91. The lowest BCUT2D eigenvalue weighted by atomic mass is 9.86. The highest BCUT2D eigenvalue weighted by atomic mass is 32.2. The number of hydrogen-bond donors (Lipinski definition) is 1. The Morgan fingerprint density at radius 1 is 1.50 bits per heavy atom. The number of hydrogen-bond acceptors (Lipinski definition) is 6. The fourth-order valence-corrected chi connectivity index (χ4v) is 4.12. The van der Waals surface area contributed by atoms with Crippen LogP contribution in [0.15, 0.2) is 4.52 Å². The second-order valence-electron chi connectivity index (χ2n) is 6.06. The maximum Gasteiger partial charge on any atom is 0.303 e. The number of aromatic nitrogens is 2. The molecule has 0 amide bonds. The number of aliphatic carboxylic acids is 1. The van der Waals surface area contributed by atoms with E-state index in [-0.39, 0.29) is 23.8 Å². The summed E-state index contributed by atoms with van der Waals surface area (Å²) in [6, 6.07) is 0. The van der Waals surface area contributed by atoms with Crippen LogP contribution in [0.4, 0.5) is 0 Å². The molecule has 0 saturated carbocycles. The Morgan fingerprint density at radius 3 is 2.75 bits per heavy atom. The molecule has 2 heterocycles. The van der Waals surface area contributed by atoms with Crippen LogP contribution >= 0.6 is 0 Å². The Balaban J connectivity index is 2.04. The molecular weight excluding hydrogens is 284 g/mol. The summed E-state index contributed by atoms with van der Waals surface area (Å²) in [5.41, 5.74) is -0.489. The Kier molecular flexibility index (Phi) is 3.86. The van der Waals surface area contributed by atoms with Gasteiger partial charge < -0.3 is 9.63 Å². The van der Waals surface area contributed by atoms with Crippen molar-refractivity contribution in [3.8, 4) is 0 Å². The van der Waals surface area contributed by atoms with Crippen LogP contribution < -0.4 is 0 Å². The summed E-state index contributed by atoms with van der Waals surface area (Å²) in [5, 5.41) is 12.7. The largest absolute Gasteiger partial charge is 0.481 e. The van der Waals surface area contributed by atoms with Crippen molar-refractivity contribution >= 4 is 15.8 Å². The topological polar surface area (TPSA) is 110 Å². The maximum atomic E-state index is 11.4. The highest BCUT2D eigenvalue weighted by Crippen LogP contribution is 2.29. The van der Waals surface area contributed by atoms with Gasteiger partial charge in [0, 0.05) is 12.3 Å². The van der Waals surface area contributed by atoms with E-state index < -0.39 is 21.2 Å². The van der Waals surface area contributed by atoms with Crippen molar-refractivity contribution in [2.45, 2.75) is 39.0 Å². The van der Waals surface area contributed by atoms with Gasteiger partial charge in [-0.2, -0.15) is 4.98 Å². The molecule has 8 heteroatoms. The minimum atomic E-state index is -2.98. The van der Waals surface area contributed by atoms with Crippen LogP contribution in [-0.2, 0) is 21.1 Å². The van der Waals surface area contributed by atoms with E-state index in [0.29, 0.717) is 24.6 Å². The first-order valence-electron chi connectivity index (χ1n) is 6.42. The van der Waals surface area contributed by atoms with Crippen LogP contribution in [0.5, 0.6) is 0 Å². The zero-order valence-corrected chi connectivity index (χ0v) is 12.3. The van der Waals surface area contributed by atoms with Crippen molar-refractivity contribution in [3.05, 3.63) is 11.7 Å². The lowest BCUT2D eigenvalue weighted by Crippen LogP contribution is -2.19. The Bertz CT molecular complexity index is 605. The minimum Gasteiger partial charge on any atom is -0.481 e. The standard InChI is InChI=1S/C12H18N2O5S/c1-12(2,6-10(15)16)5-9-13-11(14-19-9)8-3-4-20(17,18)7-8/h8H,3-7H2,1-2H3,(H,15,16). The summed E-state index contributed by atoms with van der Waals surface area (Å²) in [5.74, 6) is -0.101. The Labute approximate surface area is 117 Å². The number of carboxylic acids is 1. The number of rotatable bonds is 5. The highest BCUT2D eigenvalue weighted by Gasteiger charge is 2.33. The molecule has 1 aliphatic rings. The van der Waals surface area contributed by atoms with Gasteiger partial charge in [0.05, 0.1) is 17.9 Å². The molecule has 1 aromatic rings. The average Bonchev–Trinajstić information content (AvgIpc) is 2.82. The van der Waals surface area contributed by atoms with E-state index in [1.54, 1.807) is 0 Å². The van der Waals surface area contributed by atoms with Crippen LogP contribution in [-0.4, -0.2) is 41.1 Å². The van der Waals surface area contributed by atoms with Crippen LogP contribution in [0.2, 0.25) is 0 Å². The van der Waals surface area contributed by atoms with E-state index in [4.69, 9.17) is 9.63 Å². The zero-order valence-electron chi connectivity index (χ0n) is 11.5. The fraction of sp³-hybridized carbons (Fsp3) is 0.750. The van der Waals surface area contributed by atoms with Gasteiger partial charge in [-0.1, -0.05) is 19.0 Å². The molecule has 1 N–H and O–H groups in total. The van der Waals surface area contributed by atoms with Crippen LogP contribution in [0.3, 0.4) is 0 Å². The second-order valence-corrected chi connectivity index (χ2v) is 8.29. The Morgan fingerprint density at radius 2 is 2.20 bits per heavy atom. The van der Waals surface area contributed by atoms with E-state index in [2.05, 4.69) is 10.1 Å². The van der Waals surface area contributed by atoms with E-state index in [9.17, 15) is 13.2 Å². The third kappa shape index (κ3) is 3.78. The first-order chi connectivity index (χ1) is 9.17. The molecule has 1 unspecified atom stereocenters. The van der Waals surface area contributed by atoms with Crippen LogP contribution in [0.1, 0.15) is 44.3 Å². The molecule has 7 nitrogen and oxygen atoms in total. The monoisotopic (exact) mass is 302 g/mol. The van der Waals surface area contributed by atoms with E-state index >= 15 is 0 Å². The summed E-state index contributed by atoms with van der Waals surface area (Å²) >= 11 is 0. The van der Waals surface area contributed by atoms with Gasteiger partial charge in [-0.25, -0.2) is 8.42 Å². The number of carboxylic acid groups (broad SMARTS) is 1. The first kappa shape index (κ1) is 15.0. The third-order valence-electron chi connectivity index (χ3n) is 3.34. The third-order valence-corrected chi connectivity index (χ3v) is 5.11. The van der Waals surface area contributed by atoms with Gasteiger partial charge in [0.1, 0.15) is 0 Å². The molecule has 0 radical (unpaired) electrons. The van der Waals surface area contributed by atoms with Gasteiger partial charge in [-0.05, 0) is 11.8 Å². The molecule has 112 valence electrons. The molecule has 1 aliphatic heterocycles. The smallest absolute Gasteiger partial charge is 0.303 e. The molecule has 1 atom stereocenters. The molecule has 2 rings (SSSR count). The lowest BCUT2D eigenvalue weighted by Gasteiger charge is -2.19. The second kappa shape index (κ2) is 5.16. The fourth-order valence-electron chi connectivity index (χ4n) is 2.39. The van der Waals surface area contributed by atoms with E-state index in [1.165, 1.54) is 0 Å². The van der Waals surface area contributed by atoms with Crippen LogP contribution in [0, 0.1) is 5.41 Å². The minimum absolute atomic E-state index is 0.00250. The van der Waals surface area contributed by atoms with Crippen molar-refractivity contribution in [2.75, 3.05) is 11.5 Å². The van der Waals surface area contributed by atoms with Crippen molar-refractivity contribution < 1.29 is 22.8 Å². The molecule has 1 fully saturated rings. The van der Waals surface area contributed by atoms with Gasteiger partial charge >= 0.3 is 5.97 Å². The quantitative estimate of drug-likeness (QED) is 0.864. The summed E-state index contributed by atoms with van der Waals surface area (Å²) < 4.78 is 28.0. The Hall–Kier alpha value is -1.44. The number of sulfone groups is 1. The van der Waals surface area contributed by atoms with Gasteiger partial charge in [0.2, 0.25) is 5.89 Å². The number of carbonyl (C=O) groups is 1. The molecule has 0 aromatic carbocycles. The summed E-state index contributed by atoms with van der Waals surface area (Å²) in [4.78, 5) is 15.0. The van der Waals surface area contributed by atoms with Crippen molar-refractivity contribution in [1.29, 1.82) is 0 Å². The van der Waals surface area contributed by atoms with Crippen molar-refractivity contribution in [3.63, 3.8) is 0 Å². The predicted octanol–water partition coefficient (Wildman–Crippen LogP) is 1.02. The van der Waals surface area contributed by atoms with Gasteiger partial charge in [0.25, 0.3) is 0 Å². The maximum absolute atomic E-state index is 11.4. The zero-order chi connectivity index (χ0) is 15.0. The summed E-state index contributed by atoms with van der Waals surface area (Å²) in [6.45, 7) is 3.62. The van der Waals surface area contributed by atoms with Crippen molar-refractivity contribution in [1.82, 2.24) is 10.1 Å². The molecule has 1 saturated heterocycles. The van der Waals surface area contributed by atoms with Crippen molar-refractivity contribution in [2.24, 2.45) is 5.41 Å². The van der Waals surface area contributed by atoms with Crippen LogP contribution in [0.25, 0.3) is 0 Å². The SMILES string of the molecule is CC(C)(CC(=O)O)Cc1nc(C2CCS(=O)(=O)C2)no1. The normalized spacial score (nSPS) is 22.0. The van der Waals surface area contributed by atoms with Gasteiger partial charge in [0.15, 0.2) is 15.7 Å². The molecule has 0 bridgehead atoms. The molecule has 0 aliphatic carbocycles. The molecular formula is C12H18N2O5S. The molecule has 0 spiro atoms. The van der Waals surface area contributed by atoms with E-state index in [1.807, 2.05) is 13.8 Å². The van der Waals surface area contributed by atoms with Gasteiger partial charge in [-0.15, -0.1) is 0 Å². The number of nitrogens with zero attached hydrogens (tertiary/aromatic N) is 2. The summed E-state index contributed by atoms with van der Waals surface area (Å²) in [6.07, 6.45) is 0.869. The van der Waals surface area contributed by atoms with E-state index in [0.717, 1.165) is 0 Å². The summed E-state index contributed by atoms with van der Waals surface area (Å²) in [7, 11) is -2.98. The predicted molar refractivity (Wildman–Crippen MR) is 70.0 cm³/mol. The average molecular weight is 302 g/mol.